The van der Waals surface area contributed by atoms with Crippen LogP contribution < -0.4 is 5.32 Å². The first-order valence-corrected chi connectivity index (χ1v) is 6.25. The number of nitrogens with one attached hydrogen (secondary N) is 1. The van der Waals surface area contributed by atoms with Gasteiger partial charge in [0.2, 0.25) is 0 Å². The second kappa shape index (κ2) is 4.48. The number of hydrogen-bond acceptors (Lipinski definition) is 1. The van der Waals surface area contributed by atoms with Gasteiger partial charge >= 0.3 is 0 Å². The van der Waals surface area contributed by atoms with Gasteiger partial charge in [0.1, 0.15) is 0 Å². The quantitative estimate of drug-likeness (QED) is 0.676. The second-order valence-electron chi connectivity index (χ2n) is 5.05. The Hall–Kier alpha value is -0.300. The van der Waals surface area contributed by atoms with Gasteiger partial charge in [0, 0.05) is 12.6 Å². The first kappa shape index (κ1) is 10.2. The van der Waals surface area contributed by atoms with E-state index < -0.39 is 0 Å². The van der Waals surface area contributed by atoms with Gasteiger partial charge in [-0.25, -0.2) is 0 Å². The Bertz CT molecular complexity index is 198. The van der Waals surface area contributed by atoms with Crippen LogP contribution in [-0.2, 0) is 0 Å². The molecule has 0 radical (unpaired) electrons. The summed E-state index contributed by atoms with van der Waals surface area (Å²) in [7, 11) is 0. The molecule has 0 saturated heterocycles. The van der Waals surface area contributed by atoms with Crippen LogP contribution in [-0.4, -0.2) is 12.6 Å². The molecule has 1 N–H and O–H groups in total. The van der Waals surface area contributed by atoms with Gasteiger partial charge in [0.25, 0.3) is 0 Å². The van der Waals surface area contributed by atoms with Gasteiger partial charge in [0.15, 0.2) is 0 Å². The minimum Gasteiger partial charge on any atom is -0.310 e. The molecule has 0 heterocycles. The maximum atomic E-state index is 3.73. The molecule has 1 atom stereocenters. The molecule has 1 nitrogen and oxygen atoms in total. The lowest BCUT2D eigenvalue weighted by Crippen LogP contribution is -2.43. The molecule has 0 spiro atoms. The molecule has 2 aliphatic rings. The van der Waals surface area contributed by atoms with Crippen molar-refractivity contribution in [2.24, 2.45) is 5.41 Å². The van der Waals surface area contributed by atoms with E-state index in [1.807, 2.05) is 0 Å². The summed E-state index contributed by atoms with van der Waals surface area (Å²) < 4.78 is 0. The molecular weight excluding hydrogens is 170 g/mol. The zero-order valence-corrected chi connectivity index (χ0v) is 9.39. The SMILES string of the molecule is CCC1(CNC2C=CCCC2)CCC1. The Balaban J connectivity index is 1.75. The van der Waals surface area contributed by atoms with E-state index in [-0.39, 0.29) is 0 Å². The van der Waals surface area contributed by atoms with Crippen LogP contribution >= 0.6 is 0 Å². The molecule has 1 unspecified atom stereocenters. The Morgan fingerprint density at radius 3 is 2.71 bits per heavy atom. The van der Waals surface area contributed by atoms with Crippen molar-refractivity contribution in [2.45, 2.75) is 57.9 Å². The summed E-state index contributed by atoms with van der Waals surface area (Å²) in [6.07, 6.45) is 14.4. The molecule has 2 aliphatic carbocycles. The summed E-state index contributed by atoms with van der Waals surface area (Å²) >= 11 is 0. The number of rotatable bonds is 4. The monoisotopic (exact) mass is 193 g/mol. The molecule has 0 aromatic heterocycles. The van der Waals surface area contributed by atoms with E-state index in [1.165, 1.54) is 51.5 Å². The van der Waals surface area contributed by atoms with Crippen molar-refractivity contribution in [2.75, 3.05) is 6.54 Å². The molecule has 0 amide bonds. The largest absolute Gasteiger partial charge is 0.310 e. The average Bonchev–Trinajstić information content (AvgIpc) is 2.19. The van der Waals surface area contributed by atoms with E-state index >= 15 is 0 Å². The van der Waals surface area contributed by atoms with Gasteiger partial charge in [-0.3, -0.25) is 0 Å². The molecule has 0 aromatic carbocycles. The molecule has 0 bridgehead atoms. The number of hydrogen-bond donors (Lipinski definition) is 1. The van der Waals surface area contributed by atoms with Crippen LogP contribution in [0, 0.1) is 5.41 Å². The molecule has 14 heavy (non-hydrogen) atoms. The summed E-state index contributed by atoms with van der Waals surface area (Å²) in [4.78, 5) is 0. The van der Waals surface area contributed by atoms with E-state index in [0.717, 1.165) is 0 Å². The highest BCUT2D eigenvalue weighted by atomic mass is 14.9. The fourth-order valence-electron chi connectivity index (χ4n) is 2.66. The Labute approximate surface area is 88.0 Å². The predicted octanol–water partition coefficient (Wildman–Crippen LogP) is 3.27. The van der Waals surface area contributed by atoms with E-state index in [9.17, 15) is 0 Å². The minimum atomic E-state index is 0.672. The third-order valence-electron chi connectivity index (χ3n) is 4.16. The van der Waals surface area contributed by atoms with Gasteiger partial charge < -0.3 is 5.32 Å². The lowest BCUT2D eigenvalue weighted by atomic mass is 9.67. The van der Waals surface area contributed by atoms with Crippen molar-refractivity contribution in [3.63, 3.8) is 0 Å². The Kier molecular flexibility index (Phi) is 3.27. The van der Waals surface area contributed by atoms with Gasteiger partial charge in [-0.1, -0.05) is 25.5 Å². The van der Waals surface area contributed by atoms with Gasteiger partial charge in [-0.15, -0.1) is 0 Å². The van der Waals surface area contributed by atoms with E-state index in [0.29, 0.717) is 11.5 Å². The van der Waals surface area contributed by atoms with E-state index in [1.54, 1.807) is 0 Å². The van der Waals surface area contributed by atoms with Crippen molar-refractivity contribution in [1.29, 1.82) is 0 Å². The smallest absolute Gasteiger partial charge is 0.0250 e. The van der Waals surface area contributed by atoms with Crippen LogP contribution in [0.5, 0.6) is 0 Å². The summed E-state index contributed by atoms with van der Waals surface area (Å²) in [6, 6.07) is 0.674. The van der Waals surface area contributed by atoms with Crippen molar-refractivity contribution in [3.8, 4) is 0 Å². The van der Waals surface area contributed by atoms with Crippen LogP contribution in [0.15, 0.2) is 12.2 Å². The fourth-order valence-corrected chi connectivity index (χ4v) is 2.66. The molecule has 80 valence electrons. The predicted molar refractivity (Wildman–Crippen MR) is 61.4 cm³/mol. The van der Waals surface area contributed by atoms with Crippen LogP contribution in [0.3, 0.4) is 0 Å². The summed E-state index contributed by atoms with van der Waals surface area (Å²) in [5.41, 5.74) is 0.672. The van der Waals surface area contributed by atoms with Crippen LogP contribution in [0.1, 0.15) is 51.9 Å². The average molecular weight is 193 g/mol. The molecule has 2 rings (SSSR count). The van der Waals surface area contributed by atoms with Crippen molar-refractivity contribution in [1.82, 2.24) is 5.32 Å². The lowest BCUT2D eigenvalue weighted by Gasteiger charge is -2.42. The highest BCUT2D eigenvalue weighted by Gasteiger charge is 2.34. The molecule has 0 aliphatic heterocycles. The van der Waals surface area contributed by atoms with Crippen LogP contribution in [0.2, 0.25) is 0 Å². The summed E-state index contributed by atoms with van der Waals surface area (Å²) in [6.45, 7) is 3.59. The fraction of sp³-hybridized carbons (Fsp3) is 0.846. The Morgan fingerprint density at radius 2 is 2.21 bits per heavy atom. The molecular formula is C13H23N. The highest BCUT2D eigenvalue weighted by Crippen LogP contribution is 2.43. The zero-order chi connectivity index (χ0) is 9.86. The first-order chi connectivity index (χ1) is 6.85. The highest BCUT2D eigenvalue weighted by molar-refractivity contribution is 4.99. The van der Waals surface area contributed by atoms with Crippen LogP contribution in [0.4, 0.5) is 0 Å². The molecule has 0 aromatic rings. The topological polar surface area (TPSA) is 12.0 Å². The summed E-state index contributed by atoms with van der Waals surface area (Å²) in [5, 5.41) is 3.73. The van der Waals surface area contributed by atoms with Gasteiger partial charge in [-0.2, -0.15) is 0 Å². The van der Waals surface area contributed by atoms with E-state index in [4.69, 9.17) is 0 Å². The van der Waals surface area contributed by atoms with Gasteiger partial charge in [0.05, 0.1) is 0 Å². The standard InChI is InChI=1S/C13H23N/c1-2-13(9-6-10-13)11-14-12-7-4-3-5-8-12/h4,7,12,14H,2-3,5-6,8-11H2,1H3. The molecule has 1 heteroatoms. The van der Waals surface area contributed by atoms with Gasteiger partial charge in [-0.05, 0) is 43.9 Å². The maximum Gasteiger partial charge on any atom is 0.0250 e. The maximum absolute atomic E-state index is 3.73. The second-order valence-corrected chi connectivity index (χ2v) is 5.05. The number of allylic oxidation sites excluding steroid dienone is 1. The third kappa shape index (κ3) is 2.20. The van der Waals surface area contributed by atoms with Crippen molar-refractivity contribution in [3.05, 3.63) is 12.2 Å². The first-order valence-electron chi connectivity index (χ1n) is 6.25. The lowest BCUT2D eigenvalue weighted by molar-refractivity contribution is 0.120. The van der Waals surface area contributed by atoms with Crippen LogP contribution in [0.25, 0.3) is 0 Å². The summed E-state index contributed by atoms with van der Waals surface area (Å²) in [5.74, 6) is 0. The minimum absolute atomic E-state index is 0.672. The zero-order valence-electron chi connectivity index (χ0n) is 9.39. The van der Waals surface area contributed by atoms with Crippen molar-refractivity contribution < 1.29 is 0 Å². The normalized spacial score (nSPS) is 29.9. The molecule has 1 saturated carbocycles. The van der Waals surface area contributed by atoms with E-state index in [2.05, 4.69) is 24.4 Å². The Morgan fingerprint density at radius 1 is 1.36 bits per heavy atom. The third-order valence-corrected chi connectivity index (χ3v) is 4.16. The molecule has 1 fully saturated rings. The van der Waals surface area contributed by atoms with Crippen molar-refractivity contribution >= 4 is 0 Å².